The zero-order valence-electron chi connectivity index (χ0n) is 13.7. The van der Waals surface area contributed by atoms with E-state index in [-0.39, 0.29) is 12.5 Å². The second kappa shape index (κ2) is 7.83. The first-order valence-corrected chi connectivity index (χ1v) is 9.03. The number of amides is 1. The molecule has 1 aromatic heterocycles. The van der Waals surface area contributed by atoms with E-state index in [4.69, 9.17) is 0 Å². The summed E-state index contributed by atoms with van der Waals surface area (Å²) >= 11 is 2.22. The van der Waals surface area contributed by atoms with E-state index in [1.54, 1.807) is 6.92 Å². The highest BCUT2D eigenvalue weighted by atomic mass is 127. The minimum atomic E-state index is -0.506. The Kier molecular flexibility index (Phi) is 5.54. The Hall–Kier alpha value is -2.13. The maximum Gasteiger partial charge on any atom is 0.244 e. The van der Waals surface area contributed by atoms with E-state index in [1.165, 1.54) is 0 Å². The Bertz CT molecular complexity index is 874. The van der Waals surface area contributed by atoms with Crippen LogP contribution in [0.5, 0.6) is 0 Å². The number of aliphatic hydroxyl groups is 1. The van der Waals surface area contributed by atoms with E-state index in [0.29, 0.717) is 12.5 Å². The van der Waals surface area contributed by atoms with Gasteiger partial charge in [0.25, 0.3) is 0 Å². The third-order valence-corrected chi connectivity index (χ3v) is 4.36. The number of aliphatic hydroxyl groups excluding tert-OH is 1. The zero-order valence-corrected chi connectivity index (χ0v) is 15.9. The van der Waals surface area contributed by atoms with Crippen molar-refractivity contribution >= 4 is 51.2 Å². The average molecular weight is 450 g/mol. The minimum absolute atomic E-state index is 0.134. The van der Waals surface area contributed by atoms with Crippen LogP contribution >= 0.6 is 22.6 Å². The number of nitrogens with zero attached hydrogens (tertiary/aromatic N) is 2. The molecule has 3 aromatic rings. The lowest BCUT2D eigenvalue weighted by Gasteiger charge is -2.12. The topological polar surface area (TPSA) is 79.2 Å². The quantitative estimate of drug-likeness (QED) is 0.505. The first-order chi connectivity index (χ1) is 12.0. The van der Waals surface area contributed by atoms with E-state index >= 15 is 0 Å². The predicted molar refractivity (Wildman–Crippen MR) is 108 cm³/mol. The SMILES string of the molecule is CC(O)CNc1nc2ccccc2n1CC(=O)Nc1ccc(I)cc1. The molecule has 0 spiro atoms. The third kappa shape index (κ3) is 4.49. The molecular formula is C18H19IN4O2. The molecule has 1 amide bonds. The number of aromatic nitrogens is 2. The lowest BCUT2D eigenvalue weighted by Crippen LogP contribution is -2.22. The number of rotatable bonds is 6. The molecule has 0 bridgehead atoms. The average Bonchev–Trinajstić information content (AvgIpc) is 2.93. The first kappa shape index (κ1) is 17.7. The molecule has 0 aliphatic carbocycles. The summed E-state index contributed by atoms with van der Waals surface area (Å²) in [6.45, 7) is 2.19. The number of nitrogens with one attached hydrogen (secondary N) is 2. The van der Waals surface area contributed by atoms with Crippen molar-refractivity contribution in [3.63, 3.8) is 0 Å². The Labute approximate surface area is 159 Å². The van der Waals surface area contributed by atoms with E-state index in [1.807, 2.05) is 53.1 Å². The number of hydrogen-bond acceptors (Lipinski definition) is 4. The van der Waals surface area contributed by atoms with Crippen molar-refractivity contribution in [3.05, 3.63) is 52.1 Å². The van der Waals surface area contributed by atoms with Crippen LogP contribution in [0.4, 0.5) is 11.6 Å². The van der Waals surface area contributed by atoms with Gasteiger partial charge in [-0.05, 0) is 65.9 Å². The third-order valence-electron chi connectivity index (χ3n) is 3.64. The summed E-state index contributed by atoms with van der Waals surface area (Å²) in [5, 5.41) is 15.5. The summed E-state index contributed by atoms with van der Waals surface area (Å²) in [4.78, 5) is 17.0. The van der Waals surface area contributed by atoms with Gasteiger partial charge >= 0.3 is 0 Å². The number of para-hydroxylation sites is 2. The second-order valence-electron chi connectivity index (χ2n) is 5.80. The van der Waals surface area contributed by atoms with Gasteiger partial charge in [-0.15, -0.1) is 0 Å². The van der Waals surface area contributed by atoms with Gasteiger partial charge in [0.15, 0.2) is 0 Å². The number of carbonyl (C=O) groups excluding carboxylic acids is 1. The van der Waals surface area contributed by atoms with Gasteiger partial charge in [0.05, 0.1) is 17.1 Å². The Morgan fingerprint density at radius 2 is 1.96 bits per heavy atom. The summed E-state index contributed by atoms with van der Waals surface area (Å²) in [5.74, 6) is 0.435. The van der Waals surface area contributed by atoms with Gasteiger partial charge < -0.3 is 20.3 Å². The molecule has 1 heterocycles. The highest BCUT2D eigenvalue weighted by Gasteiger charge is 2.14. The maximum absolute atomic E-state index is 12.5. The molecule has 3 rings (SSSR count). The Morgan fingerprint density at radius 1 is 1.24 bits per heavy atom. The summed E-state index contributed by atoms with van der Waals surface area (Å²) < 4.78 is 2.93. The molecule has 7 heteroatoms. The summed E-state index contributed by atoms with van der Waals surface area (Å²) in [5.41, 5.74) is 2.43. The molecule has 3 N–H and O–H groups in total. The van der Waals surface area contributed by atoms with Crippen molar-refractivity contribution in [1.82, 2.24) is 9.55 Å². The largest absolute Gasteiger partial charge is 0.392 e. The van der Waals surface area contributed by atoms with Gasteiger partial charge in [0.1, 0.15) is 6.54 Å². The normalized spacial score (nSPS) is 12.1. The number of hydrogen-bond donors (Lipinski definition) is 3. The first-order valence-electron chi connectivity index (χ1n) is 7.95. The van der Waals surface area contributed by atoms with E-state index in [2.05, 4.69) is 38.2 Å². The van der Waals surface area contributed by atoms with Crippen LogP contribution in [0.25, 0.3) is 11.0 Å². The molecule has 0 saturated heterocycles. The van der Waals surface area contributed by atoms with Gasteiger partial charge in [-0.1, -0.05) is 12.1 Å². The summed E-state index contributed by atoms with van der Waals surface area (Å²) in [6, 6.07) is 15.3. The highest BCUT2D eigenvalue weighted by molar-refractivity contribution is 14.1. The number of anilines is 2. The number of fused-ring (bicyclic) bond motifs is 1. The molecule has 0 fully saturated rings. The monoisotopic (exact) mass is 450 g/mol. The molecule has 0 aliphatic rings. The van der Waals surface area contributed by atoms with E-state index < -0.39 is 6.10 Å². The van der Waals surface area contributed by atoms with Crippen LogP contribution in [0.15, 0.2) is 48.5 Å². The number of carbonyl (C=O) groups is 1. The molecule has 0 aliphatic heterocycles. The molecule has 6 nitrogen and oxygen atoms in total. The van der Waals surface area contributed by atoms with Crippen LogP contribution in [0.2, 0.25) is 0 Å². The van der Waals surface area contributed by atoms with Crippen molar-refractivity contribution < 1.29 is 9.90 Å². The van der Waals surface area contributed by atoms with Crippen LogP contribution in [0, 0.1) is 3.57 Å². The molecular weight excluding hydrogens is 431 g/mol. The fourth-order valence-electron chi connectivity index (χ4n) is 2.49. The number of halogens is 1. The fraction of sp³-hybridized carbons (Fsp3) is 0.222. The number of imidazole rings is 1. The molecule has 0 saturated carbocycles. The summed E-state index contributed by atoms with van der Waals surface area (Å²) in [7, 11) is 0. The van der Waals surface area contributed by atoms with Crippen LogP contribution in [0.1, 0.15) is 6.92 Å². The predicted octanol–water partition coefficient (Wildman–Crippen LogP) is 3.07. The molecule has 130 valence electrons. The zero-order chi connectivity index (χ0) is 17.8. The van der Waals surface area contributed by atoms with Crippen molar-refractivity contribution in [2.24, 2.45) is 0 Å². The lowest BCUT2D eigenvalue weighted by molar-refractivity contribution is -0.116. The minimum Gasteiger partial charge on any atom is -0.392 e. The van der Waals surface area contributed by atoms with E-state index in [0.717, 1.165) is 20.3 Å². The highest BCUT2D eigenvalue weighted by Crippen LogP contribution is 2.20. The van der Waals surface area contributed by atoms with Gasteiger partial charge in [-0.25, -0.2) is 4.98 Å². The van der Waals surface area contributed by atoms with Crippen molar-refractivity contribution in [2.45, 2.75) is 19.6 Å². The van der Waals surface area contributed by atoms with Gasteiger partial charge in [-0.3, -0.25) is 4.79 Å². The lowest BCUT2D eigenvalue weighted by atomic mass is 10.3. The maximum atomic E-state index is 12.5. The summed E-state index contributed by atoms with van der Waals surface area (Å²) in [6.07, 6.45) is -0.506. The van der Waals surface area contributed by atoms with Crippen LogP contribution in [-0.2, 0) is 11.3 Å². The smallest absolute Gasteiger partial charge is 0.244 e. The van der Waals surface area contributed by atoms with Gasteiger partial charge in [0, 0.05) is 15.8 Å². The fourth-order valence-corrected chi connectivity index (χ4v) is 2.85. The van der Waals surface area contributed by atoms with Crippen LogP contribution < -0.4 is 10.6 Å². The van der Waals surface area contributed by atoms with Gasteiger partial charge in [0.2, 0.25) is 11.9 Å². The van der Waals surface area contributed by atoms with Crippen molar-refractivity contribution in [3.8, 4) is 0 Å². The standard InChI is InChI=1S/C18H19IN4O2/c1-12(24)10-20-18-22-15-4-2-3-5-16(15)23(18)11-17(25)21-14-8-6-13(19)7-9-14/h2-9,12,24H,10-11H2,1H3,(H,20,22)(H,21,25). The Balaban J connectivity index is 1.82. The molecule has 1 unspecified atom stereocenters. The molecule has 0 radical (unpaired) electrons. The van der Waals surface area contributed by atoms with Crippen molar-refractivity contribution in [1.29, 1.82) is 0 Å². The molecule has 1 atom stereocenters. The van der Waals surface area contributed by atoms with Gasteiger partial charge in [-0.2, -0.15) is 0 Å². The van der Waals surface area contributed by atoms with E-state index in [9.17, 15) is 9.90 Å². The van der Waals surface area contributed by atoms with Crippen LogP contribution in [0.3, 0.4) is 0 Å². The number of benzene rings is 2. The molecule has 2 aromatic carbocycles. The van der Waals surface area contributed by atoms with Crippen molar-refractivity contribution in [2.75, 3.05) is 17.2 Å². The van der Waals surface area contributed by atoms with Crippen LogP contribution in [-0.4, -0.2) is 33.2 Å². The Morgan fingerprint density at radius 3 is 2.68 bits per heavy atom. The second-order valence-corrected chi connectivity index (χ2v) is 7.04. The molecule has 25 heavy (non-hydrogen) atoms.